The van der Waals surface area contributed by atoms with Gasteiger partial charge in [0.2, 0.25) is 6.10 Å². The van der Waals surface area contributed by atoms with Gasteiger partial charge in [-0.05, 0) is 56.0 Å². The van der Waals surface area contributed by atoms with Crippen molar-refractivity contribution in [1.29, 1.82) is 0 Å². The molecule has 0 aliphatic heterocycles. The third-order valence-corrected chi connectivity index (χ3v) is 5.99. The number of esters is 1. The Hall–Kier alpha value is -3.99. The van der Waals surface area contributed by atoms with Crippen molar-refractivity contribution >= 4 is 28.5 Å². The van der Waals surface area contributed by atoms with Crippen LogP contribution in [0.25, 0.3) is 10.9 Å². The first-order valence-corrected chi connectivity index (χ1v) is 11.4. The molecule has 5 heteroatoms. The molecule has 1 atom stereocenters. The van der Waals surface area contributed by atoms with Gasteiger partial charge in [-0.2, -0.15) is 0 Å². The Bertz CT molecular complexity index is 1360. The maximum absolute atomic E-state index is 13.6. The summed E-state index contributed by atoms with van der Waals surface area (Å²) in [7, 11) is 0. The van der Waals surface area contributed by atoms with E-state index in [9.17, 15) is 9.59 Å². The Morgan fingerprint density at radius 2 is 1.65 bits per heavy atom. The summed E-state index contributed by atoms with van der Waals surface area (Å²) in [5.41, 5.74) is 6.04. The molecule has 0 spiro atoms. The molecule has 34 heavy (non-hydrogen) atoms. The third-order valence-electron chi connectivity index (χ3n) is 5.99. The number of ether oxygens (including phenoxy) is 1. The minimum atomic E-state index is -1.11. The van der Waals surface area contributed by atoms with Crippen molar-refractivity contribution in [2.75, 3.05) is 5.32 Å². The lowest BCUT2D eigenvalue weighted by molar-refractivity contribution is -0.125. The van der Waals surface area contributed by atoms with Crippen LogP contribution in [0.4, 0.5) is 5.69 Å². The largest absolute Gasteiger partial charge is 0.444 e. The first-order chi connectivity index (χ1) is 16.4. The fourth-order valence-corrected chi connectivity index (χ4v) is 4.10. The van der Waals surface area contributed by atoms with E-state index < -0.39 is 18.0 Å². The van der Waals surface area contributed by atoms with Gasteiger partial charge in [0.1, 0.15) is 0 Å². The second-order valence-corrected chi connectivity index (χ2v) is 8.43. The van der Waals surface area contributed by atoms with Crippen molar-refractivity contribution in [2.24, 2.45) is 0 Å². The summed E-state index contributed by atoms with van der Waals surface area (Å²) >= 11 is 0. The van der Waals surface area contributed by atoms with Crippen LogP contribution in [0.5, 0.6) is 0 Å². The van der Waals surface area contributed by atoms with Crippen LogP contribution in [-0.2, 0) is 16.0 Å². The highest BCUT2D eigenvalue weighted by Crippen LogP contribution is 2.28. The molecule has 0 saturated heterocycles. The first kappa shape index (κ1) is 23.2. The van der Waals surface area contributed by atoms with E-state index in [1.165, 1.54) is 0 Å². The molecule has 1 aromatic heterocycles. The molecule has 4 rings (SSSR count). The number of benzene rings is 3. The lowest BCUT2D eigenvalue weighted by Gasteiger charge is -2.20. The summed E-state index contributed by atoms with van der Waals surface area (Å²) in [6, 6.07) is 22.4. The van der Waals surface area contributed by atoms with E-state index in [2.05, 4.69) is 5.32 Å². The second kappa shape index (κ2) is 9.87. The smallest absolute Gasteiger partial charge is 0.340 e. The summed E-state index contributed by atoms with van der Waals surface area (Å²) in [6.07, 6.45) is -0.420. The van der Waals surface area contributed by atoms with Crippen LogP contribution in [0, 0.1) is 20.8 Å². The van der Waals surface area contributed by atoms with Crippen LogP contribution in [0.1, 0.15) is 51.3 Å². The summed E-state index contributed by atoms with van der Waals surface area (Å²) in [5.74, 6) is -0.948. The van der Waals surface area contributed by atoms with Gasteiger partial charge in [-0.25, -0.2) is 4.79 Å². The molecule has 1 heterocycles. The number of anilines is 1. The number of nitrogens with one attached hydrogen (secondary N) is 1. The Labute approximate surface area is 199 Å². The molecular formula is C29H28N2O3. The monoisotopic (exact) mass is 452 g/mol. The number of para-hydroxylation sites is 1. The summed E-state index contributed by atoms with van der Waals surface area (Å²) in [6.45, 7) is 7.77. The van der Waals surface area contributed by atoms with Crippen molar-refractivity contribution < 1.29 is 14.3 Å². The molecule has 0 bridgehead atoms. The van der Waals surface area contributed by atoms with E-state index in [-0.39, 0.29) is 0 Å². The Morgan fingerprint density at radius 3 is 2.38 bits per heavy atom. The zero-order valence-corrected chi connectivity index (χ0v) is 19.9. The maximum Gasteiger partial charge on any atom is 0.340 e. The molecule has 1 amide bonds. The molecule has 4 aromatic rings. The molecule has 0 saturated carbocycles. The lowest BCUT2D eigenvalue weighted by Crippen LogP contribution is -2.26. The van der Waals surface area contributed by atoms with Gasteiger partial charge in [0, 0.05) is 22.3 Å². The van der Waals surface area contributed by atoms with Gasteiger partial charge in [0.25, 0.3) is 5.91 Å². The minimum absolute atomic E-state index is 0.403. The topological polar surface area (TPSA) is 68.3 Å². The van der Waals surface area contributed by atoms with E-state index in [0.29, 0.717) is 28.6 Å². The predicted octanol–water partition coefficient (Wildman–Crippen LogP) is 6.26. The quantitative estimate of drug-likeness (QED) is 0.351. The van der Waals surface area contributed by atoms with Crippen molar-refractivity contribution in [1.82, 2.24) is 4.98 Å². The molecule has 0 aliphatic rings. The van der Waals surface area contributed by atoms with Crippen molar-refractivity contribution in [3.63, 3.8) is 0 Å². The highest BCUT2D eigenvalue weighted by molar-refractivity contribution is 6.06. The van der Waals surface area contributed by atoms with Gasteiger partial charge in [0.15, 0.2) is 0 Å². The average molecular weight is 453 g/mol. The number of carbonyl (C=O) groups excluding carboxylic acids is 2. The highest BCUT2D eigenvalue weighted by atomic mass is 16.5. The molecule has 5 nitrogen and oxygen atoms in total. The number of aryl methyl sites for hydroxylation is 3. The number of hydrogen-bond donors (Lipinski definition) is 1. The highest BCUT2D eigenvalue weighted by Gasteiger charge is 2.28. The van der Waals surface area contributed by atoms with E-state index in [0.717, 1.165) is 27.9 Å². The Balaban J connectivity index is 1.73. The Morgan fingerprint density at radius 1 is 0.941 bits per heavy atom. The zero-order valence-electron chi connectivity index (χ0n) is 19.9. The van der Waals surface area contributed by atoms with Crippen molar-refractivity contribution in [2.45, 2.75) is 40.2 Å². The minimum Gasteiger partial charge on any atom is -0.444 e. The van der Waals surface area contributed by atoms with Crippen LogP contribution in [-0.4, -0.2) is 16.9 Å². The summed E-state index contributed by atoms with van der Waals surface area (Å²) in [4.78, 5) is 31.7. The number of hydrogen-bond acceptors (Lipinski definition) is 4. The number of aromatic nitrogens is 1. The van der Waals surface area contributed by atoms with Gasteiger partial charge in [-0.1, -0.05) is 67.6 Å². The zero-order chi connectivity index (χ0) is 24.2. The summed E-state index contributed by atoms with van der Waals surface area (Å²) < 4.78 is 5.94. The van der Waals surface area contributed by atoms with Crippen LogP contribution in [0.2, 0.25) is 0 Å². The third kappa shape index (κ3) is 4.69. The molecule has 0 fully saturated rings. The van der Waals surface area contributed by atoms with Crippen molar-refractivity contribution in [3.05, 3.63) is 106 Å². The maximum atomic E-state index is 13.6. The molecule has 172 valence electrons. The molecule has 3 aromatic carbocycles. The van der Waals surface area contributed by atoms with Gasteiger partial charge in [-0.15, -0.1) is 0 Å². The number of carbonyl (C=O) groups is 2. The van der Waals surface area contributed by atoms with Crippen LogP contribution >= 0.6 is 0 Å². The molecule has 0 aliphatic carbocycles. The van der Waals surface area contributed by atoms with E-state index >= 15 is 0 Å². The Kier molecular flexibility index (Phi) is 6.73. The van der Waals surface area contributed by atoms with Crippen molar-refractivity contribution in [3.8, 4) is 0 Å². The number of amides is 1. The van der Waals surface area contributed by atoms with E-state index in [1.807, 2.05) is 88.4 Å². The van der Waals surface area contributed by atoms with E-state index in [4.69, 9.17) is 9.72 Å². The van der Waals surface area contributed by atoms with E-state index in [1.54, 1.807) is 12.1 Å². The van der Waals surface area contributed by atoms with Crippen LogP contribution in [0.15, 0.2) is 72.8 Å². The first-order valence-electron chi connectivity index (χ1n) is 11.4. The average Bonchev–Trinajstić information content (AvgIpc) is 2.84. The number of fused-ring (bicyclic) bond motifs is 1. The summed E-state index contributed by atoms with van der Waals surface area (Å²) in [5, 5.41) is 3.66. The SMILES string of the molecule is CCc1nc2ccccc2c(C(=O)O[C@@H](C(=O)Nc2cc(C)ccc2C)c2ccccc2)c1C. The van der Waals surface area contributed by atoms with Gasteiger partial charge in [-0.3, -0.25) is 9.78 Å². The van der Waals surface area contributed by atoms with Gasteiger partial charge < -0.3 is 10.1 Å². The molecular weight excluding hydrogens is 424 g/mol. The van der Waals surface area contributed by atoms with Gasteiger partial charge in [0.05, 0.1) is 11.1 Å². The number of rotatable bonds is 6. The number of nitrogens with zero attached hydrogens (tertiary/aromatic N) is 1. The predicted molar refractivity (Wildman–Crippen MR) is 135 cm³/mol. The van der Waals surface area contributed by atoms with Crippen LogP contribution < -0.4 is 5.32 Å². The molecule has 0 radical (unpaired) electrons. The molecule has 1 N–H and O–H groups in total. The van der Waals surface area contributed by atoms with Gasteiger partial charge >= 0.3 is 5.97 Å². The molecule has 0 unspecified atom stereocenters. The number of pyridine rings is 1. The second-order valence-electron chi connectivity index (χ2n) is 8.43. The van der Waals surface area contributed by atoms with Crippen LogP contribution in [0.3, 0.4) is 0 Å². The standard InChI is InChI=1S/C29H28N2O3/c1-5-23-20(4)26(22-13-9-10-14-24(22)30-23)29(33)34-27(21-11-7-6-8-12-21)28(32)31-25-17-18(2)15-16-19(25)3/h6-17,27H,5H2,1-4H3,(H,31,32)/t27-/m1/s1. The normalized spacial score (nSPS) is 11.8. The lowest BCUT2D eigenvalue weighted by atomic mass is 10.00. The fourth-order valence-electron chi connectivity index (χ4n) is 4.10. The fraction of sp³-hybridized carbons (Fsp3) is 0.207.